The van der Waals surface area contributed by atoms with Crippen LogP contribution in [0.3, 0.4) is 0 Å². The van der Waals surface area contributed by atoms with Crippen molar-refractivity contribution in [2.75, 3.05) is 11.9 Å². The van der Waals surface area contributed by atoms with Crippen LogP contribution in [0, 0.1) is 6.92 Å². The summed E-state index contributed by atoms with van der Waals surface area (Å²) in [4.78, 5) is 4.14. The summed E-state index contributed by atoms with van der Waals surface area (Å²) in [5.41, 5.74) is 0.914. The van der Waals surface area contributed by atoms with Crippen molar-refractivity contribution < 1.29 is 0 Å². The summed E-state index contributed by atoms with van der Waals surface area (Å²) in [6, 6.07) is 3.84. The molecule has 0 aromatic carbocycles. The van der Waals surface area contributed by atoms with E-state index in [4.69, 9.17) is 0 Å². The minimum absolute atomic E-state index is 0.752. The van der Waals surface area contributed by atoms with Gasteiger partial charge < -0.3 is 5.32 Å². The number of aromatic nitrogens is 5. The van der Waals surface area contributed by atoms with Crippen LogP contribution < -0.4 is 5.32 Å². The van der Waals surface area contributed by atoms with Gasteiger partial charge >= 0.3 is 0 Å². The first kappa shape index (κ1) is 10.5. The zero-order valence-electron chi connectivity index (χ0n) is 9.38. The molecule has 0 aliphatic rings. The van der Waals surface area contributed by atoms with Gasteiger partial charge in [-0.15, -0.1) is 5.10 Å². The molecule has 2 aromatic heterocycles. The van der Waals surface area contributed by atoms with Crippen LogP contribution in [0.2, 0.25) is 0 Å². The Labute approximate surface area is 93.7 Å². The number of hydrogen-bond acceptors (Lipinski definition) is 5. The molecule has 0 amide bonds. The Morgan fingerprint density at radius 2 is 2.19 bits per heavy atom. The Balaban J connectivity index is 1.82. The van der Waals surface area contributed by atoms with Crippen molar-refractivity contribution >= 4 is 5.82 Å². The van der Waals surface area contributed by atoms with E-state index in [1.807, 2.05) is 26.1 Å². The van der Waals surface area contributed by atoms with Gasteiger partial charge in [0, 0.05) is 20.0 Å². The first-order valence-corrected chi connectivity index (χ1v) is 5.13. The third kappa shape index (κ3) is 2.75. The van der Waals surface area contributed by atoms with Crippen LogP contribution in [-0.2, 0) is 13.5 Å². The third-order valence-corrected chi connectivity index (χ3v) is 2.10. The molecule has 2 heterocycles. The molecule has 2 rings (SSSR count). The van der Waals surface area contributed by atoms with Gasteiger partial charge in [0.25, 0.3) is 0 Å². The van der Waals surface area contributed by atoms with Gasteiger partial charge in [-0.05, 0) is 19.1 Å². The van der Waals surface area contributed by atoms with Crippen molar-refractivity contribution in [1.82, 2.24) is 25.0 Å². The van der Waals surface area contributed by atoms with Gasteiger partial charge in [0.2, 0.25) is 0 Å². The molecule has 0 saturated carbocycles. The molecule has 0 fully saturated rings. The molecule has 0 aliphatic carbocycles. The Morgan fingerprint density at radius 1 is 1.31 bits per heavy atom. The molecule has 0 spiro atoms. The van der Waals surface area contributed by atoms with E-state index < -0.39 is 0 Å². The Hall–Kier alpha value is -1.98. The first-order valence-electron chi connectivity index (χ1n) is 5.13. The number of nitrogens with zero attached hydrogens (tertiary/aromatic N) is 5. The smallest absolute Gasteiger partial charge is 0.152 e. The second-order valence-corrected chi connectivity index (χ2v) is 3.57. The van der Waals surface area contributed by atoms with E-state index in [0.717, 1.165) is 30.3 Å². The lowest BCUT2D eigenvalue weighted by atomic mass is 10.4. The zero-order valence-corrected chi connectivity index (χ0v) is 9.38. The molecule has 2 aromatic rings. The monoisotopic (exact) mass is 218 g/mol. The summed E-state index contributed by atoms with van der Waals surface area (Å²) in [6.07, 6.45) is 2.47. The molecular weight excluding hydrogens is 204 g/mol. The summed E-state index contributed by atoms with van der Waals surface area (Å²) in [5.74, 6) is 1.61. The van der Waals surface area contributed by atoms with Crippen LogP contribution in [0.5, 0.6) is 0 Å². The number of rotatable bonds is 4. The minimum atomic E-state index is 0.752. The van der Waals surface area contributed by atoms with Crippen LogP contribution in [0.25, 0.3) is 0 Å². The van der Waals surface area contributed by atoms with E-state index in [2.05, 4.69) is 25.6 Å². The topological polar surface area (TPSA) is 68.5 Å². The van der Waals surface area contributed by atoms with Gasteiger partial charge in [-0.1, -0.05) is 0 Å². The lowest BCUT2D eigenvalue weighted by Crippen LogP contribution is -2.08. The van der Waals surface area contributed by atoms with Crippen molar-refractivity contribution in [1.29, 1.82) is 0 Å². The molecule has 0 aliphatic heterocycles. The third-order valence-electron chi connectivity index (χ3n) is 2.10. The second-order valence-electron chi connectivity index (χ2n) is 3.57. The lowest BCUT2D eigenvalue weighted by Gasteiger charge is -2.02. The van der Waals surface area contributed by atoms with E-state index >= 15 is 0 Å². The molecule has 0 atom stereocenters. The highest BCUT2D eigenvalue weighted by molar-refractivity contribution is 5.32. The van der Waals surface area contributed by atoms with Crippen LogP contribution >= 0.6 is 0 Å². The number of nitrogens with one attached hydrogen (secondary N) is 1. The quantitative estimate of drug-likeness (QED) is 0.812. The molecule has 84 valence electrons. The highest BCUT2D eigenvalue weighted by Crippen LogP contribution is 2.00. The van der Waals surface area contributed by atoms with Gasteiger partial charge in [0.15, 0.2) is 5.82 Å². The van der Waals surface area contributed by atoms with Crippen LogP contribution in [0.1, 0.15) is 11.5 Å². The molecule has 16 heavy (non-hydrogen) atoms. The van der Waals surface area contributed by atoms with Crippen molar-refractivity contribution in [2.24, 2.45) is 7.05 Å². The van der Waals surface area contributed by atoms with E-state index in [1.54, 1.807) is 11.0 Å². The maximum Gasteiger partial charge on any atom is 0.152 e. The minimum Gasteiger partial charge on any atom is -0.368 e. The van der Waals surface area contributed by atoms with Gasteiger partial charge in [0.05, 0.1) is 5.69 Å². The molecule has 0 radical (unpaired) electrons. The van der Waals surface area contributed by atoms with E-state index in [1.165, 1.54) is 0 Å². The van der Waals surface area contributed by atoms with E-state index in [9.17, 15) is 0 Å². The average Bonchev–Trinajstić information content (AvgIpc) is 2.67. The summed E-state index contributed by atoms with van der Waals surface area (Å²) >= 11 is 0. The average molecular weight is 218 g/mol. The fourth-order valence-corrected chi connectivity index (χ4v) is 1.29. The zero-order chi connectivity index (χ0) is 11.4. The maximum atomic E-state index is 4.19. The predicted octanol–water partition coefficient (Wildman–Crippen LogP) is 0.568. The second kappa shape index (κ2) is 4.69. The fraction of sp³-hybridized carbons (Fsp3) is 0.400. The summed E-state index contributed by atoms with van der Waals surface area (Å²) in [7, 11) is 1.86. The van der Waals surface area contributed by atoms with Crippen molar-refractivity contribution in [3.8, 4) is 0 Å². The number of hydrogen-bond donors (Lipinski definition) is 1. The fourth-order valence-electron chi connectivity index (χ4n) is 1.29. The number of aryl methyl sites for hydroxylation is 2. The lowest BCUT2D eigenvalue weighted by molar-refractivity contribution is 0.741. The Bertz CT molecular complexity index is 447. The van der Waals surface area contributed by atoms with Crippen LogP contribution in [0.15, 0.2) is 18.5 Å². The molecule has 0 unspecified atom stereocenters. The van der Waals surface area contributed by atoms with Gasteiger partial charge in [-0.2, -0.15) is 10.2 Å². The van der Waals surface area contributed by atoms with E-state index in [0.29, 0.717) is 0 Å². The summed E-state index contributed by atoms with van der Waals surface area (Å²) in [6.45, 7) is 2.66. The van der Waals surface area contributed by atoms with Crippen LogP contribution in [-0.4, -0.2) is 31.5 Å². The molecule has 0 saturated heterocycles. The van der Waals surface area contributed by atoms with Crippen molar-refractivity contribution in [3.63, 3.8) is 0 Å². The largest absolute Gasteiger partial charge is 0.368 e. The Morgan fingerprint density at radius 3 is 2.81 bits per heavy atom. The highest BCUT2D eigenvalue weighted by Gasteiger charge is 1.99. The van der Waals surface area contributed by atoms with Gasteiger partial charge in [-0.3, -0.25) is 4.68 Å². The SMILES string of the molecule is Cc1ccc(NCCc2ncn(C)n2)nn1. The molecular formula is C10H14N6. The normalized spacial score (nSPS) is 10.4. The highest BCUT2D eigenvalue weighted by atomic mass is 15.3. The van der Waals surface area contributed by atoms with Crippen molar-refractivity contribution in [2.45, 2.75) is 13.3 Å². The first-order chi connectivity index (χ1) is 7.74. The maximum absolute atomic E-state index is 4.19. The van der Waals surface area contributed by atoms with Gasteiger partial charge in [0.1, 0.15) is 12.1 Å². The molecule has 6 heteroatoms. The predicted molar refractivity (Wildman–Crippen MR) is 60.0 cm³/mol. The molecule has 0 bridgehead atoms. The van der Waals surface area contributed by atoms with E-state index in [-0.39, 0.29) is 0 Å². The summed E-state index contributed by atoms with van der Waals surface area (Å²) < 4.78 is 1.70. The van der Waals surface area contributed by atoms with Gasteiger partial charge in [-0.25, -0.2) is 4.98 Å². The standard InChI is InChI=1S/C10H14N6/c1-8-3-4-9(14-13-8)11-6-5-10-12-7-16(2)15-10/h3-4,7H,5-6H2,1-2H3,(H,11,14). The Kier molecular flexibility index (Phi) is 3.09. The molecule has 1 N–H and O–H groups in total. The summed E-state index contributed by atoms with van der Waals surface area (Å²) in [5, 5.41) is 15.3. The van der Waals surface area contributed by atoms with Crippen molar-refractivity contribution in [3.05, 3.63) is 30.0 Å². The number of anilines is 1. The van der Waals surface area contributed by atoms with Crippen LogP contribution in [0.4, 0.5) is 5.82 Å². The molecule has 6 nitrogen and oxygen atoms in total.